The van der Waals surface area contributed by atoms with Gasteiger partial charge in [-0.05, 0) is 24.3 Å². The number of H-pyrrole nitrogens is 1. The van der Waals surface area contributed by atoms with Crippen molar-refractivity contribution in [3.63, 3.8) is 0 Å². The fourth-order valence-electron chi connectivity index (χ4n) is 1.86. The summed E-state index contributed by atoms with van der Waals surface area (Å²) < 4.78 is 7.01. The molecule has 0 radical (unpaired) electrons. The summed E-state index contributed by atoms with van der Waals surface area (Å²) in [6, 6.07) is 7.29. The molecule has 1 aromatic heterocycles. The molecule has 1 aliphatic heterocycles. The number of nitrogens with one attached hydrogen (secondary N) is 1. The van der Waals surface area contributed by atoms with Crippen molar-refractivity contribution in [1.29, 1.82) is 0 Å². The minimum Gasteiger partial charge on any atom is -0.370 e. The molecule has 16 heavy (non-hydrogen) atoms. The number of aromatic amines is 1. The number of hydrogen-bond acceptors (Lipinski definition) is 2. The molecule has 0 saturated heterocycles. The van der Waals surface area contributed by atoms with Crippen LogP contribution in [0.5, 0.6) is 0 Å². The minimum absolute atomic E-state index is 0.0811. The van der Waals surface area contributed by atoms with Crippen LogP contribution in [0.3, 0.4) is 0 Å². The number of halogens is 1. The number of hydrogen-bond donors (Lipinski definition) is 1. The maximum atomic E-state index is 11.6. The zero-order chi connectivity index (χ0) is 11.1. The van der Waals surface area contributed by atoms with Gasteiger partial charge in [-0.2, -0.15) is 0 Å². The Labute approximate surface area is 96.4 Å². The van der Waals surface area contributed by atoms with Gasteiger partial charge in [-0.1, -0.05) is 11.6 Å². The molecule has 4 nitrogen and oxygen atoms in total. The number of rotatable bonds is 1. The Kier molecular flexibility index (Phi) is 2.12. The fourth-order valence-corrected chi connectivity index (χ4v) is 1.99. The van der Waals surface area contributed by atoms with E-state index in [0.29, 0.717) is 18.2 Å². The zero-order valence-electron chi connectivity index (χ0n) is 8.37. The Morgan fingerprint density at radius 1 is 1.25 bits per heavy atom. The van der Waals surface area contributed by atoms with Crippen LogP contribution in [0.15, 0.2) is 29.1 Å². The standard InChI is InChI=1S/C11H9ClN2O2/c12-7-1-3-8(4-2-7)14-10-6-16-5-9(10)11(15)13-14/h1-4H,5-6H2,(H,13,15). The van der Waals surface area contributed by atoms with Crippen LogP contribution in [-0.4, -0.2) is 9.78 Å². The first-order chi connectivity index (χ1) is 7.75. The molecule has 3 rings (SSSR count). The molecule has 0 spiro atoms. The summed E-state index contributed by atoms with van der Waals surface area (Å²) in [4.78, 5) is 11.6. The molecule has 2 aromatic rings. The lowest BCUT2D eigenvalue weighted by atomic mass is 10.3. The maximum absolute atomic E-state index is 11.6. The van der Waals surface area contributed by atoms with Gasteiger partial charge in [-0.15, -0.1) is 0 Å². The summed E-state index contributed by atoms with van der Waals surface area (Å²) in [5, 5.41) is 3.46. The summed E-state index contributed by atoms with van der Waals surface area (Å²) in [7, 11) is 0. The van der Waals surface area contributed by atoms with Gasteiger partial charge >= 0.3 is 0 Å². The molecule has 0 saturated carbocycles. The van der Waals surface area contributed by atoms with Crippen molar-refractivity contribution in [3.8, 4) is 5.69 Å². The second-order valence-corrected chi connectivity index (χ2v) is 4.11. The molecule has 5 heteroatoms. The molecular weight excluding hydrogens is 228 g/mol. The first-order valence-corrected chi connectivity index (χ1v) is 5.30. The van der Waals surface area contributed by atoms with Crippen LogP contribution in [0.2, 0.25) is 5.02 Å². The van der Waals surface area contributed by atoms with E-state index >= 15 is 0 Å². The minimum atomic E-state index is -0.0811. The van der Waals surface area contributed by atoms with Crippen LogP contribution in [0.25, 0.3) is 5.69 Å². The molecule has 2 heterocycles. The summed E-state index contributed by atoms with van der Waals surface area (Å²) in [6.07, 6.45) is 0. The van der Waals surface area contributed by atoms with Gasteiger partial charge in [-0.25, -0.2) is 0 Å². The highest BCUT2D eigenvalue weighted by Crippen LogP contribution is 2.20. The van der Waals surface area contributed by atoms with E-state index in [1.54, 1.807) is 16.8 Å². The SMILES string of the molecule is O=c1[nH]n(-c2ccc(Cl)cc2)c2c1COC2. The van der Waals surface area contributed by atoms with Gasteiger partial charge in [0.2, 0.25) is 0 Å². The van der Waals surface area contributed by atoms with Crippen molar-refractivity contribution < 1.29 is 4.74 Å². The quantitative estimate of drug-likeness (QED) is 0.822. The van der Waals surface area contributed by atoms with Gasteiger partial charge in [0.05, 0.1) is 30.2 Å². The highest BCUT2D eigenvalue weighted by atomic mass is 35.5. The maximum Gasteiger partial charge on any atom is 0.270 e. The van der Waals surface area contributed by atoms with Gasteiger partial charge in [0.1, 0.15) is 0 Å². The van der Waals surface area contributed by atoms with E-state index in [1.807, 2.05) is 12.1 Å². The first-order valence-electron chi connectivity index (χ1n) is 4.92. The van der Waals surface area contributed by atoms with Crippen LogP contribution in [0, 0.1) is 0 Å². The highest BCUT2D eigenvalue weighted by Gasteiger charge is 2.21. The Morgan fingerprint density at radius 2 is 2.00 bits per heavy atom. The highest BCUT2D eigenvalue weighted by molar-refractivity contribution is 6.30. The van der Waals surface area contributed by atoms with Crippen molar-refractivity contribution >= 4 is 11.6 Å². The Hall–Kier alpha value is -1.52. The van der Waals surface area contributed by atoms with Crippen LogP contribution < -0.4 is 5.56 Å². The largest absolute Gasteiger partial charge is 0.370 e. The molecule has 1 aromatic carbocycles. The normalized spacial score (nSPS) is 14.1. The second-order valence-electron chi connectivity index (χ2n) is 3.67. The number of aromatic nitrogens is 2. The molecule has 0 aliphatic carbocycles. The molecule has 0 atom stereocenters. The molecule has 0 bridgehead atoms. The monoisotopic (exact) mass is 236 g/mol. The first kappa shape index (κ1) is 9.69. The van der Waals surface area contributed by atoms with Crippen LogP contribution in [-0.2, 0) is 18.0 Å². The van der Waals surface area contributed by atoms with E-state index in [-0.39, 0.29) is 5.56 Å². The lowest BCUT2D eigenvalue weighted by Crippen LogP contribution is -2.08. The molecular formula is C11H9ClN2O2. The van der Waals surface area contributed by atoms with Gasteiger partial charge < -0.3 is 4.74 Å². The summed E-state index contributed by atoms with van der Waals surface area (Å²) in [5.41, 5.74) is 2.41. The van der Waals surface area contributed by atoms with Crippen molar-refractivity contribution in [3.05, 3.63) is 50.9 Å². The number of benzene rings is 1. The average Bonchev–Trinajstić information content (AvgIpc) is 2.84. The van der Waals surface area contributed by atoms with E-state index in [0.717, 1.165) is 16.9 Å². The van der Waals surface area contributed by atoms with Crippen molar-refractivity contribution in [2.75, 3.05) is 0 Å². The predicted octanol–water partition coefficient (Wildman–Crippen LogP) is 1.85. The smallest absolute Gasteiger partial charge is 0.270 e. The van der Waals surface area contributed by atoms with E-state index in [4.69, 9.17) is 16.3 Å². The van der Waals surface area contributed by atoms with E-state index in [2.05, 4.69) is 5.10 Å². The van der Waals surface area contributed by atoms with Crippen molar-refractivity contribution in [1.82, 2.24) is 9.78 Å². The number of ether oxygens (including phenoxy) is 1. The summed E-state index contributed by atoms with van der Waals surface area (Å²) in [6.45, 7) is 0.863. The average molecular weight is 237 g/mol. The molecule has 0 fully saturated rings. The van der Waals surface area contributed by atoms with Crippen LogP contribution in [0.4, 0.5) is 0 Å². The van der Waals surface area contributed by atoms with E-state index < -0.39 is 0 Å². The van der Waals surface area contributed by atoms with Gasteiger partial charge in [-0.3, -0.25) is 14.6 Å². The molecule has 1 aliphatic rings. The number of fused-ring (bicyclic) bond motifs is 1. The third-order valence-electron chi connectivity index (χ3n) is 2.68. The van der Waals surface area contributed by atoms with Gasteiger partial charge in [0.15, 0.2) is 0 Å². The van der Waals surface area contributed by atoms with Gasteiger partial charge in [0.25, 0.3) is 5.56 Å². The Bertz CT molecular complexity index is 583. The fraction of sp³-hybridized carbons (Fsp3) is 0.182. The Morgan fingerprint density at radius 3 is 2.75 bits per heavy atom. The molecule has 82 valence electrons. The summed E-state index contributed by atoms with van der Waals surface area (Å²) >= 11 is 5.82. The van der Waals surface area contributed by atoms with Crippen molar-refractivity contribution in [2.45, 2.75) is 13.2 Å². The van der Waals surface area contributed by atoms with E-state index in [1.165, 1.54) is 0 Å². The van der Waals surface area contributed by atoms with E-state index in [9.17, 15) is 4.79 Å². The lowest BCUT2D eigenvalue weighted by molar-refractivity contribution is 0.130. The lowest BCUT2D eigenvalue weighted by Gasteiger charge is -2.05. The zero-order valence-corrected chi connectivity index (χ0v) is 9.12. The topological polar surface area (TPSA) is 47.0 Å². The molecule has 0 amide bonds. The van der Waals surface area contributed by atoms with Crippen molar-refractivity contribution in [2.24, 2.45) is 0 Å². The molecule has 1 N–H and O–H groups in total. The predicted molar refractivity (Wildman–Crippen MR) is 59.9 cm³/mol. The van der Waals surface area contributed by atoms with Crippen LogP contribution >= 0.6 is 11.6 Å². The summed E-state index contributed by atoms with van der Waals surface area (Å²) in [5.74, 6) is 0. The van der Waals surface area contributed by atoms with Crippen LogP contribution in [0.1, 0.15) is 11.3 Å². The Balaban J connectivity index is 2.17. The third kappa shape index (κ3) is 1.38. The van der Waals surface area contributed by atoms with Gasteiger partial charge in [0, 0.05) is 5.02 Å². The number of nitrogens with zero attached hydrogens (tertiary/aromatic N) is 1. The second kappa shape index (κ2) is 3.50. The third-order valence-corrected chi connectivity index (χ3v) is 2.93. The molecule has 0 unspecified atom stereocenters.